The summed E-state index contributed by atoms with van der Waals surface area (Å²) >= 11 is 0.677. The van der Waals surface area contributed by atoms with Gasteiger partial charge in [-0.15, -0.1) is 11.8 Å². The van der Waals surface area contributed by atoms with E-state index in [0.29, 0.717) is 18.2 Å². The molecule has 1 fully saturated rings. The Morgan fingerprint density at radius 1 is 1.23 bits per heavy atom. The van der Waals surface area contributed by atoms with Gasteiger partial charge in [0, 0.05) is 18.2 Å². The molecule has 1 saturated heterocycles. The number of thioether (sulfide) groups is 1. The SMILES string of the molecule is CCC[C@H]1O[C@@H](CC(=O)O)C[C@]2(SC[C@H](NC(C)=O)C(=O)O)C(=O)c3cccc(O)c3C(=O)[C@@]12O. The van der Waals surface area contributed by atoms with E-state index in [-0.39, 0.29) is 17.5 Å². The van der Waals surface area contributed by atoms with Crippen molar-refractivity contribution in [1.29, 1.82) is 0 Å². The summed E-state index contributed by atoms with van der Waals surface area (Å²) in [6.45, 7) is 2.87. The summed E-state index contributed by atoms with van der Waals surface area (Å²) in [5.41, 5.74) is -3.05. The fourth-order valence-corrected chi connectivity index (χ4v) is 6.49. The number of ketones is 2. The number of carbonyl (C=O) groups excluding carboxylic acids is 3. The summed E-state index contributed by atoms with van der Waals surface area (Å²) in [4.78, 5) is 62.5. The van der Waals surface area contributed by atoms with Crippen molar-refractivity contribution in [3.63, 3.8) is 0 Å². The summed E-state index contributed by atoms with van der Waals surface area (Å²) in [6, 6.07) is 2.43. The Bertz CT molecular complexity index is 1070. The van der Waals surface area contributed by atoms with E-state index >= 15 is 0 Å². The summed E-state index contributed by atoms with van der Waals surface area (Å²) < 4.78 is 3.82. The molecule has 1 aromatic carbocycles. The molecular weight excluding hydrogens is 482 g/mol. The number of carboxylic acids is 2. The molecule has 2 aliphatic rings. The summed E-state index contributed by atoms with van der Waals surface area (Å²) in [5, 5.41) is 43.6. The van der Waals surface area contributed by atoms with Crippen molar-refractivity contribution >= 4 is 41.2 Å². The van der Waals surface area contributed by atoms with Crippen LogP contribution in [0.1, 0.15) is 60.2 Å². The van der Waals surface area contributed by atoms with Gasteiger partial charge in [0.15, 0.2) is 11.4 Å². The first-order chi connectivity index (χ1) is 16.4. The number of aromatic hydroxyl groups is 1. The van der Waals surface area contributed by atoms with Crippen molar-refractivity contribution in [2.75, 3.05) is 5.75 Å². The number of nitrogens with one attached hydrogen (secondary N) is 1. The molecule has 0 unspecified atom stereocenters. The number of fused-ring (bicyclic) bond motifs is 2. The lowest BCUT2D eigenvalue weighted by molar-refractivity contribution is -0.174. The molecule has 35 heavy (non-hydrogen) atoms. The minimum Gasteiger partial charge on any atom is -0.507 e. The second-order valence-electron chi connectivity index (χ2n) is 8.69. The normalized spacial score (nSPS) is 28.5. The zero-order chi connectivity index (χ0) is 26.1. The number of hydrogen-bond donors (Lipinski definition) is 5. The molecule has 0 bridgehead atoms. The smallest absolute Gasteiger partial charge is 0.327 e. The number of phenols is 1. The van der Waals surface area contributed by atoms with E-state index in [2.05, 4.69) is 5.32 Å². The molecule has 1 aliphatic carbocycles. The Labute approximate surface area is 204 Å². The molecule has 0 radical (unpaired) electrons. The largest absolute Gasteiger partial charge is 0.507 e. The molecule has 0 aromatic heterocycles. The van der Waals surface area contributed by atoms with E-state index < -0.39 is 82.4 Å². The van der Waals surface area contributed by atoms with Gasteiger partial charge < -0.3 is 30.5 Å². The van der Waals surface area contributed by atoms with Gasteiger partial charge in [0.2, 0.25) is 11.7 Å². The first kappa shape index (κ1) is 26.6. The van der Waals surface area contributed by atoms with Crippen LogP contribution in [0.25, 0.3) is 0 Å². The van der Waals surface area contributed by atoms with Crippen molar-refractivity contribution in [2.24, 2.45) is 0 Å². The maximum Gasteiger partial charge on any atom is 0.327 e. The zero-order valence-electron chi connectivity index (χ0n) is 19.1. The van der Waals surface area contributed by atoms with Crippen LogP contribution in [0.15, 0.2) is 18.2 Å². The van der Waals surface area contributed by atoms with Gasteiger partial charge in [0.1, 0.15) is 16.5 Å². The maximum atomic E-state index is 14.0. The average Bonchev–Trinajstić information content (AvgIpc) is 2.76. The number of aliphatic carboxylic acids is 2. The van der Waals surface area contributed by atoms with Gasteiger partial charge in [-0.1, -0.05) is 25.5 Å². The monoisotopic (exact) mass is 509 g/mol. The fourth-order valence-electron chi connectivity index (χ4n) is 4.82. The highest BCUT2D eigenvalue weighted by atomic mass is 32.2. The lowest BCUT2D eigenvalue weighted by Crippen LogP contribution is -2.74. The van der Waals surface area contributed by atoms with Crippen LogP contribution in [0.2, 0.25) is 0 Å². The molecule has 1 heterocycles. The van der Waals surface area contributed by atoms with Crippen LogP contribution in [0.4, 0.5) is 0 Å². The van der Waals surface area contributed by atoms with Crippen LogP contribution in [0.3, 0.4) is 0 Å². The third-order valence-electron chi connectivity index (χ3n) is 6.31. The Kier molecular flexibility index (Phi) is 7.58. The summed E-state index contributed by atoms with van der Waals surface area (Å²) in [7, 11) is 0. The molecule has 1 amide bonds. The number of hydrogen-bond acceptors (Lipinski definition) is 9. The van der Waals surface area contributed by atoms with Gasteiger partial charge in [-0.25, -0.2) is 4.79 Å². The zero-order valence-corrected chi connectivity index (χ0v) is 20.0. The topological polar surface area (TPSA) is 188 Å². The highest BCUT2D eigenvalue weighted by molar-refractivity contribution is 8.01. The predicted octanol–water partition coefficient (Wildman–Crippen LogP) is 0.996. The number of benzene rings is 1. The van der Waals surface area contributed by atoms with Crippen molar-refractivity contribution in [3.05, 3.63) is 29.3 Å². The second kappa shape index (κ2) is 9.96. The van der Waals surface area contributed by atoms with Gasteiger partial charge in [0.05, 0.1) is 24.2 Å². The van der Waals surface area contributed by atoms with E-state index in [1.165, 1.54) is 18.2 Å². The predicted molar refractivity (Wildman–Crippen MR) is 123 cm³/mol. The number of Topliss-reactive ketones (excluding diaryl/α,β-unsaturated/α-hetero) is 2. The molecule has 5 atom stereocenters. The van der Waals surface area contributed by atoms with Crippen LogP contribution in [0.5, 0.6) is 5.75 Å². The first-order valence-corrected chi connectivity index (χ1v) is 12.0. The Morgan fingerprint density at radius 2 is 1.91 bits per heavy atom. The van der Waals surface area contributed by atoms with Gasteiger partial charge in [-0.3, -0.25) is 19.2 Å². The molecule has 3 rings (SSSR count). The van der Waals surface area contributed by atoms with Gasteiger partial charge in [0.25, 0.3) is 0 Å². The number of amides is 1. The van der Waals surface area contributed by atoms with Crippen LogP contribution in [-0.2, 0) is 19.1 Å². The number of rotatable bonds is 9. The molecular formula is C23H27NO10S. The molecule has 12 heteroatoms. The molecule has 1 aromatic rings. The molecule has 5 N–H and O–H groups in total. The third-order valence-corrected chi connectivity index (χ3v) is 7.96. The minimum absolute atomic E-state index is 0.0882. The van der Waals surface area contributed by atoms with Gasteiger partial charge in [-0.2, -0.15) is 0 Å². The van der Waals surface area contributed by atoms with Crippen LogP contribution >= 0.6 is 11.8 Å². The number of ether oxygens (including phenoxy) is 1. The van der Waals surface area contributed by atoms with Gasteiger partial charge in [-0.05, 0) is 18.9 Å². The highest BCUT2D eigenvalue weighted by Crippen LogP contribution is 2.55. The van der Waals surface area contributed by atoms with E-state index in [9.17, 15) is 44.4 Å². The summed E-state index contributed by atoms with van der Waals surface area (Å²) in [5.74, 6) is -5.85. The Balaban J connectivity index is 2.21. The van der Waals surface area contributed by atoms with Crippen LogP contribution < -0.4 is 5.32 Å². The quantitative estimate of drug-likeness (QED) is 0.319. The second-order valence-corrected chi connectivity index (χ2v) is 10.0. The van der Waals surface area contributed by atoms with E-state index in [4.69, 9.17) is 4.74 Å². The molecule has 190 valence electrons. The van der Waals surface area contributed by atoms with Crippen molar-refractivity contribution in [2.45, 2.75) is 68.1 Å². The first-order valence-electron chi connectivity index (χ1n) is 11.0. The third kappa shape index (κ3) is 4.53. The van der Waals surface area contributed by atoms with Crippen molar-refractivity contribution in [1.82, 2.24) is 5.32 Å². The van der Waals surface area contributed by atoms with E-state index in [1.807, 2.05) is 0 Å². The summed E-state index contributed by atoms with van der Waals surface area (Å²) in [6.07, 6.45) is -2.77. The number of phenolic OH excluding ortho intramolecular Hbond substituents is 1. The van der Waals surface area contributed by atoms with Crippen molar-refractivity contribution < 1.29 is 49.1 Å². The maximum absolute atomic E-state index is 14.0. The van der Waals surface area contributed by atoms with E-state index in [1.54, 1.807) is 6.92 Å². The standard InChI is InChI=1S/C23H27NO10S/c1-3-5-16-23(33)20(30)18-13(6-4-7-15(18)26)19(29)22(23,9-12(34-16)8-17(27)28)35-10-14(21(31)32)24-11(2)25/h4,6-7,12,14,16,26,33H,3,5,8-10H2,1-2H3,(H,24,25)(H,27,28)(H,31,32)/t12-,14-,16+,22-,23-/m0/s1. The Hall–Kier alpha value is -2.96. The van der Waals surface area contributed by atoms with Gasteiger partial charge >= 0.3 is 11.9 Å². The molecule has 11 nitrogen and oxygen atoms in total. The average molecular weight is 510 g/mol. The lowest BCUT2D eigenvalue weighted by atomic mass is 9.63. The highest BCUT2D eigenvalue weighted by Gasteiger charge is 2.70. The minimum atomic E-state index is -2.52. The Morgan fingerprint density at radius 3 is 2.49 bits per heavy atom. The number of carbonyl (C=O) groups is 5. The molecule has 1 aliphatic heterocycles. The van der Waals surface area contributed by atoms with Crippen LogP contribution in [0, 0.1) is 0 Å². The molecule has 0 saturated carbocycles. The van der Waals surface area contributed by atoms with E-state index in [0.717, 1.165) is 6.92 Å². The van der Waals surface area contributed by atoms with Crippen LogP contribution in [-0.4, -0.2) is 84.2 Å². The number of carboxylic acid groups (broad SMARTS) is 2. The fraction of sp³-hybridized carbons (Fsp3) is 0.522. The van der Waals surface area contributed by atoms with Crippen molar-refractivity contribution in [3.8, 4) is 5.75 Å². The number of aliphatic hydroxyl groups is 1. The molecule has 0 spiro atoms. The lowest BCUT2D eigenvalue weighted by Gasteiger charge is -2.55.